The highest BCUT2D eigenvalue weighted by molar-refractivity contribution is 6.41. The first-order chi connectivity index (χ1) is 22.0. The predicted octanol–water partition coefficient (Wildman–Crippen LogP) is 4.79. The number of hydrogen-bond acceptors (Lipinski definition) is 6. The number of aliphatic hydroxyl groups is 1. The van der Waals surface area contributed by atoms with Crippen LogP contribution in [-0.4, -0.2) is 66.5 Å². The number of piperazine rings is 1. The summed E-state index contributed by atoms with van der Waals surface area (Å²) >= 11 is 0. The second kappa shape index (κ2) is 13.8. The Morgan fingerprint density at radius 2 is 1.50 bits per heavy atom. The molecule has 1 saturated heterocycles. The molecule has 0 spiro atoms. The van der Waals surface area contributed by atoms with Crippen LogP contribution in [0.5, 0.6) is 0 Å². The molecular formula is C35H33F3N4O4. The monoisotopic (exact) mass is 630 g/mol. The molecule has 1 amide bonds. The molecule has 1 aliphatic rings. The van der Waals surface area contributed by atoms with E-state index < -0.39 is 40.5 Å². The van der Waals surface area contributed by atoms with Crippen molar-refractivity contribution in [2.75, 3.05) is 50.1 Å². The molecule has 0 saturated carbocycles. The summed E-state index contributed by atoms with van der Waals surface area (Å²) in [6, 6.07) is 18.4. The molecule has 0 bridgehead atoms. The summed E-state index contributed by atoms with van der Waals surface area (Å²) in [5, 5.41) is 10.9. The van der Waals surface area contributed by atoms with E-state index in [1.165, 1.54) is 41.4 Å². The van der Waals surface area contributed by atoms with E-state index in [-0.39, 0.29) is 48.3 Å². The Hall–Kier alpha value is -5.32. The summed E-state index contributed by atoms with van der Waals surface area (Å²) in [6.45, 7) is 1.27. The molecule has 238 valence electrons. The fourth-order valence-electron chi connectivity index (χ4n) is 5.36. The Kier molecular flexibility index (Phi) is 9.60. The van der Waals surface area contributed by atoms with Gasteiger partial charge in [-0.25, -0.2) is 13.2 Å². The first-order valence-electron chi connectivity index (χ1n) is 14.7. The van der Waals surface area contributed by atoms with Crippen LogP contribution in [-0.2, 0) is 22.6 Å². The average molecular weight is 631 g/mol. The van der Waals surface area contributed by atoms with E-state index in [0.717, 1.165) is 28.1 Å². The van der Waals surface area contributed by atoms with E-state index in [4.69, 9.17) is 0 Å². The Labute approximate surface area is 264 Å². The van der Waals surface area contributed by atoms with Crippen LogP contribution in [0.3, 0.4) is 0 Å². The lowest BCUT2D eigenvalue weighted by atomic mass is 10.0. The van der Waals surface area contributed by atoms with Crippen molar-refractivity contribution in [3.05, 3.63) is 135 Å². The Morgan fingerprint density at radius 1 is 0.870 bits per heavy atom. The van der Waals surface area contributed by atoms with E-state index in [9.17, 15) is 32.7 Å². The molecule has 1 fully saturated rings. The minimum absolute atomic E-state index is 0.160. The van der Waals surface area contributed by atoms with Crippen molar-refractivity contribution < 1.29 is 27.9 Å². The molecule has 0 unspecified atom stereocenters. The first-order valence-corrected chi connectivity index (χ1v) is 14.7. The summed E-state index contributed by atoms with van der Waals surface area (Å²) in [6.07, 6.45) is 1.69. The van der Waals surface area contributed by atoms with Gasteiger partial charge in [0.1, 0.15) is 23.2 Å². The fraction of sp³-hybridized carbons (Fsp3) is 0.229. The molecule has 1 N–H and O–H groups in total. The van der Waals surface area contributed by atoms with Gasteiger partial charge in [0.25, 0.3) is 11.5 Å². The van der Waals surface area contributed by atoms with E-state index in [1.54, 1.807) is 6.07 Å². The summed E-state index contributed by atoms with van der Waals surface area (Å²) in [5.41, 5.74) is 0.978. The van der Waals surface area contributed by atoms with Gasteiger partial charge in [-0.1, -0.05) is 24.3 Å². The molecule has 0 aliphatic carbocycles. The van der Waals surface area contributed by atoms with Crippen molar-refractivity contribution in [3.8, 4) is 0 Å². The first kappa shape index (κ1) is 32.1. The smallest absolute Gasteiger partial charge is 0.294 e. The van der Waals surface area contributed by atoms with Gasteiger partial charge < -0.3 is 24.4 Å². The summed E-state index contributed by atoms with van der Waals surface area (Å²) in [4.78, 5) is 44.9. The van der Waals surface area contributed by atoms with E-state index in [2.05, 4.69) is 4.90 Å². The van der Waals surface area contributed by atoms with Crippen molar-refractivity contribution >= 4 is 28.8 Å². The highest BCUT2D eigenvalue weighted by Crippen LogP contribution is 2.22. The van der Waals surface area contributed by atoms with E-state index >= 15 is 0 Å². The fourth-order valence-corrected chi connectivity index (χ4v) is 5.36. The molecule has 11 heteroatoms. The predicted molar refractivity (Wildman–Crippen MR) is 171 cm³/mol. The molecular weight excluding hydrogens is 597 g/mol. The lowest BCUT2D eigenvalue weighted by Crippen LogP contribution is -2.50. The number of aromatic nitrogens is 1. The molecule has 1 aliphatic heterocycles. The van der Waals surface area contributed by atoms with Gasteiger partial charge in [0.15, 0.2) is 0 Å². The van der Waals surface area contributed by atoms with Gasteiger partial charge in [0, 0.05) is 81.5 Å². The van der Waals surface area contributed by atoms with Crippen molar-refractivity contribution in [2.24, 2.45) is 0 Å². The molecule has 0 atom stereocenters. The zero-order valence-electron chi connectivity index (χ0n) is 25.4. The number of nitrogens with zero attached hydrogens (tertiary/aromatic N) is 4. The molecule has 0 radical (unpaired) electrons. The van der Waals surface area contributed by atoms with Crippen molar-refractivity contribution in [1.82, 2.24) is 9.47 Å². The third-order valence-corrected chi connectivity index (χ3v) is 7.94. The Balaban J connectivity index is 1.37. The number of aliphatic hydroxyl groups excluding tert-OH is 1. The van der Waals surface area contributed by atoms with Crippen LogP contribution in [0.15, 0.2) is 89.9 Å². The number of hydrogen-bond donors (Lipinski definition) is 1. The third kappa shape index (κ3) is 7.14. The molecule has 5 rings (SSSR count). The summed E-state index contributed by atoms with van der Waals surface area (Å²) < 4.78 is 44.5. The van der Waals surface area contributed by atoms with Gasteiger partial charge in [0.2, 0.25) is 5.78 Å². The SMILES string of the molecule is CN(C)c1ccc(N2CCN(C(=O)C(=O)/C=C(\O)c3cc(Cc4c(F)cccc4F)cn(Cc4ccccc4F)c3=O)CC2)cc1. The van der Waals surface area contributed by atoms with Crippen molar-refractivity contribution in [3.63, 3.8) is 0 Å². The summed E-state index contributed by atoms with van der Waals surface area (Å²) in [7, 11) is 3.90. The molecule has 8 nitrogen and oxygen atoms in total. The van der Waals surface area contributed by atoms with Crippen LogP contribution in [0.2, 0.25) is 0 Å². The largest absolute Gasteiger partial charge is 0.507 e. The van der Waals surface area contributed by atoms with Gasteiger partial charge in [-0.05, 0) is 54.1 Å². The van der Waals surface area contributed by atoms with Crippen LogP contribution in [0, 0.1) is 17.5 Å². The van der Waals surface area contributed by atoms with Gasteiger partial charge in [0.05, 0.1) is 12.1 Å². The zero-order valence-corrected chi connectivity index (χ0v) is 25.4. The van der Waals surface area contributed by atoms with Crippen LogP contribution in [0.4, 0.5) is 24.5 Å². The standard InChI is InChI=1S/C35H33F3N4O4/c1-39(2)25-10-12-26(13-11-25)40-14-16-41(17-15-40)35(46)33(44)20-32(43)28-19-23(18-27-30(37)8-5-9-31(27)38)21-42(34(28)45)22-24-6-3-4-7-29(24)36/h3-13,19-21,43H,14-18,22H2,1-2H3/b32-20-. The van der Waals surface area contributed by atoms with E-state index in [1.807, 2.05) is 43.3 Å². The van der Waals surface area contributed by atoms with Crippen molar-refractivity contribution in [1.29, 1.82) is 0 Å². The molecule has 2 heterocycles. The van der Waals surface area contributed by atoms with Gasteiger partial charge in [-0.3, -0.25) is 14.4 Å². The topological polar surface area (TPSA) is 86.1 Å². The number of halogens is 3. The summed E-state index contributed by atoms with van der Waals surface area (Å²) in [5.74, 6) is -4.86. The minimum Gasteiger partial charge on any atom is -0.507 e. The number of rotatable bonds is 9. The normalized spacial score (nSPS) is 13.5. The maximum Gasteiger partial charge on any atom is 0.294 e. The lowest BCUT2D eigenvalue weighted by Gasteiger charge is -2.35. The second-order valence-corrected chi connectivity index (χ2v) is 11.2. The van der Waals surface area contributed by atoms with Crippen LogP contribution < -0.4 is 15.4 Å². The molecule has 46 heavy (non-hydrogen) atoms. The maximum absolute atomic E-state index is 14.5. The highest BCUT2D eigenvalue weighted by Gasteiger charge is 2.26. The van der Waals surface area contributed by atoms with Gasteiger partial charge in [-0.2, -0.15) is 0 Å². The Bertz CT molecular complexity index is 1830. The number of carbonyl (C=O) groups excluding carboxylic acids is 2. The Morgan fingerprint density at radius 3 is 2.13 bits per heavy atom. The maximum atomic E-state index is 14.5. The number of pyridine rings is 1. The number of anilines is 2. The van der Waals surface area contributed by atoms with Crippen LogP contribution in [0.1, 0.15) is 22.3 Å². The van der Waals surface area contributed by atoms with Gasteiger partial charge in [-0.15, -0.1) is 0 Å². The minimum atomic E-state index is -1.04. The van der Waals surface area contributed by atoms with Crippen molar-refractivity contribution in [2.45, 2.75) is 13.0 Å². The average Bonchev–Trinajstić information content (AvgIpc) is 3.05. The van der Waals surface area contributed by atoms with Crippen LogP contribution in [0.25, 0.3) is 5.76 Å². The number of amides is 1. The number of carbonyl (C=O) groups is 2. The number of benzene rings is 3. The molecule has 1 aromatic heterocycles. The van der Waals surface area contributed by atoms with Crippen LogP contribution >= 0.6 is 0 Å². The lowest BCUT2D eigenvalue weighted by molar-refractivity contribution is -0.142. The molecule has 3 aromatic carbocycles. The second-order valence-electron chi connectivity index (χ2n) is 11.2. The quantitative estimate of drug-likeness (QED) is 0.163. The number of ketones is 1. The third-order valence-electron chi connectivity index (χ3n) is 7.94. The van der Waals surface area contributed by atoms with E-state index in [0.29, 0.717) is 19.2 Å². The van der Waals surface area contributed by atoms with Gasteiger partial charge >= 0.3 is 0 Å². The zero-order chi connectivity index (χ0) is 33.0. The molecule has 4 aromatic rings. The highest BCUT2D eigenvalue weighted by atomic mass is 19.1.